The van der Waals surface area contributed by atoms with Crippen LogP contribution in [0.15, 0.2) is 30.3 Å². The number of nitrogens with one attached hydrogen (secondary N) is 1. The van der Waals surface area contributed by atoms with E-state index in [1.54, 1.807) is 0 Å². The first-order chi connectivity index (χ1) is 9.86. The van der Waals surface area contributed by atoms with E-state index in [9.17, 15) is 0 Å². The van der Waals surface area contributed by atoms with E-state index < -0.39 is 0 Å². The first-order valence-electron chi connectivity index (χ1n) is 6.91. The molecule has 1 fully saturated rings. The molecule has 1 aliphatic rings. The summed E-state index contributed by atoms with van der Waals surface area (Å²) in [4.78, 5) is 4.52. The maximum Gasteiger partial charge on any atom is 0.146 e. The number of hydrogen-bond acceptors (Lipinski definition) is 5. The fourth-order valence-electron chi connectivity index (χ4n) is 2.44. The zero-order chi connectivity index (χ0) is 13.8. The Kier molecular flexibility index (Phi) is 4.11. The van der Waals surface area contributed by atoms with Crippen molar-refractivity contribution in [2.24, 2.45) is 5.84 Å². The van der Waals surface area contributed by atoms with Gasteiger partial charge in [-0.3, -0.25) is 0 Å². The SMILES string of the molecule is NNc1nc2ccccc2cc1COC1CCOCC1. The third kappa shape index (κ3) is 2.90. The van der Waals surface area contributed by atoms with E-state index in [0.29, 0.717) is 12.4 Å². The average Bonchev–Trinajstić information content (AvgIpc) is 2.53. The molecule has 5 nitrogen and oxygen atoms in total. The van der Waals surface area contributed by atoms with Crippen molar-refractivity contribution in [2.75, 3.05) is 18.6 Å². The molecule has 0 bridgehead atoms. The van der Waals surface area contributed by atoms with Crippen LogP contribution in [-0.4, -0.2) is 24.3 Å². The van der Waals surface area contributed by atoms with Crippen molar-refractivity contribution in [1.82, 2.24) is 4.98 Å². The lowest BCUT2D eigenvalue weighted by molar-refractivity contribution is -0.0389. The Bertz CT molecular complexity index is 582. The Hall–Kier alpha value is -1.69. The van der Waals surface area contributed by atoms with Gasteiger partial charge in [0.25, 0.3) is 0 Å². The molecule has 1 saturated heterocycles. The third-order valence-corrected chi connectivity index (χ3v) is 3.58. The predicted molar refractivity (Wildman–Crippen MR) is 78.2 cm³/mol. The highest BCUT2D eigenvalue weighted by atomic mass is 16.5. The van der Waals surface area contributed by atoms with Gasteiger partial charge < -0.3 is 14.9 Å². The van der Waals surface area contributed by atoms with Gasteiger partial charge >= 0.3 is 0 Å². The number of nitrogen functional groups attached to an aromatic ring is 1. The lowest BCUT2D eigenvalue weighted by Gasteiger charge is -2.22. The summed E-state index contributed by atoms with van der Waals surface area (Å²) in [6, 6.07) is 10.1. The molecule has 3 N–H and O–H groups in total. The molecule has 1 aromatic heterocycles. The maximum atomic E-state index is 5.94. The molecule has 0 amide bonds. The summed E-state index contributed by atoms with van der Waals surface area (Å²) >= 11 is 0. The summed E-state index contributed by atoms with van der Waals surface area (Å²) in [5.41, 5.74) is 4.57. The number of hydrogen-bond donors (Lipinski definition) is 2. The van der Waals surface area contributed by atoms with Crippen LogP contribution in [0.2, 0.25) is 0 Å². The number of hydrazine groups is 1. The molecule has 0 radical (unpaired) electrons. The number of fused-ring (bicyclic) bond motifs is 1. The Morgan fingerprint density at radius 2 is 2.10 bits per heavy atom. The Morgan fingerprint density at radius 3 is 2.90 bits per heavy atom. The van der Waals surface area contributed by atoms with Crippen molar-refractivity contribution in [3.8, 4) is 0 Å². The van der Waals surface area contributed by atoms with Gasteiger partial charge in [0.15, 0.2) is 0 Å². The molecular formula is C15H19N3O2. The number of pyridine rings is 1. The van der Waals surface area contributed by atoms with Gasteiger partial charge in [0.05, 0.1) is 18.2 Å². The predicted octanol–water partition coefficient (Wildman–Crippen LogP) is 2.22. The van der Waals surface area contributed by atoms with Crippen LogP contribution in [0, 0.1) is 0 Å². The van der Waals surface area contributed by atoms with E-state index in [4.69, 9.17) is 15.3 Å². The zero-order valence-electron chi connectivity index (χ0n) is 11.3. The lowest BCUT2D eigenvalue weighted by atomic mass is 10.1. The number of nitrogens with two attached hydrogens (primary N) is 1. The van der Waals surface area contributed by atoms with Crippen LogP contribution in [0.25, 0.3) is 10.9 Å². The Morgan fingerprint density at radius 1 is 1.30 bits per heavy atom. The molecular weight excluding hydrogens is 254 g/mol. The zero-order valence-corrected chi connectivity index (χ0v) is 11.3. The van der Waals surface area contributed by atoms with Crippen LogP contribution in [0.1, 0.15) is 18.4 Å². The van der Waals surface area contributed by atoms with E-state index in [1.807, 2.05) is 24.3 Å². The van der Waals surface area contributed by atoms with Crippen LogP contribution in [0.3, 0.4) is 0 Å². The second kappa shape index (κ2) is 6.17. The van der Waals surface area contributed by atoms with Crippen LogP contribution >= 0.6 is 0 Å². The van der Waals surface area contributed by atoms with Gasteiger partial charge in [-0.15, -0.1) is 0 Å². The van der Waals surface area contributed by atoms with E-state index in [0.717, 1.165) is 42.5 Å². The lowest BCUT2D eigenvalue weighted by Crippen LogP contribution is -2.23. The van der Waals surface area contributed by atoms with Crippen molar-refractivity contribution in [2.45, 2.75) is 25.6 Å². The van der Waals surface area contributed by atoms with Crippen LogP contribution in [-0.2, 0) is 16.1 Å². The summed E-state index contributed by atoms with van der Waals surface area (Å²) in [5.74, 6) is 6.24. The van der Waals surface area contributed by atoms with E-state index in [1.165, 1.54) is 0 Å². The minimum atomic E-state index is 0.265. The molecule has 1 aromatic carbocycles. The molecule has 1 aliphatic heterocycles. The quantitative estimate of drug-likeness (QED) is 0.660. The van der Waals surface area contributed by atoms with Gasteiger partial charge in [-0.1, -0.05) is 18.2 Å². The van der Waals surface area contributed by atoms with Gasteiger partial charge in [-0.2, -0.15) is 0 Å². The van der Waals surface area contributed by atoms with Crippen molar-refractivity contribution in [1.29, 1.82) is 0 Å². The minimum absolute atomic E-state index is 0.265. The smallest absolute Gasteiger partial charge is 0.146 e. The highest BCUT2D eigenvalue weighted by molar-refractivity contribution is 5.81. The van der Waals surface area contributed by atoms with Crippen LogP contribution < -0.4 is 11.3 Å². The second-order valence-electron chi connectivity index (χ2n) is 4.96. The van der Waals surface area contributed by atoms with Crippen molar-refractivity contribution in [3.63, 3.8) is 0 Å². The molecule has 3 rings (SSSR count). The summed E-state index contributed by atoms with van der Waals surface area (Å²) in [5, 5.41) is 1.09. The topological polar surface area (TPSA) is 69.4 Å². The molecule has 5 heteroatoms. The monoisotopic (exact) mass is 273 g/mol. The average molecular weight is 273 g/mol. The van der Waals surface area contributed by atoms with Gasteiger partial charge in [0, 0.05) is 24.2 Å². The number of rotatable bonds is 4. The van der Waals surface area contributed by atoms with E-state index in [2.05, 4.69) is 16.5 Å². The van der Waals surface area contributed by atoms with Crippen molar-refractivity contribution in [3.05, 3.63) is 35.9 Å². The molecule has 20 heavy (non-hydrogen) atoms. The number of aromatic nitrogens is 1. The van der Waals surface area contributed by atoms with Gasteiger partial charge in [0.2, 0.25) is 0 Å². The number of benzene rings is 1. The summed E-state index contributed by atoms with van der Waals surface area (Å²) < 4.78 is 11.3. The second-order valence-corrected chi connectivity index (χ2v) is 4.96. The minimum Gasteiger partial charge on any atom is -0.381 e. The standard InChI is InChI=1S/C15H19N3O2/c16-18-15-12(10-20-13-5-7-19-8-6-13)9-11-3-1-2-4-14(11)17-15/h1-4,9,13H,5-8,10,16H2,(H,17,18). The molecule has 2 aromatic rings. The number of nitrogens with zero attached hydrogens (tertiary/aromatic N) is 1. The molecule has 0 saturated carbocycles. The summed E-state index contributed by atoms with van der Waals surface area (Å²) in [6.45, 7) is 2.08. The molecule has 0 aliphatic carbocycles. The molecule has 106 valence electrons. The first kappa shape index (κ1) is 13.3. The van der Waals surface area contributed by atoms with Crippen LogP contribution in [0.5, 0.6) is 0 Å². The van der Waals surface area contributed by atoms with Crippen molar-refractivity contribution < 1.29 is 9.47 Å². The largest absolute Gasteiger partial charge is 0.381 e. The van der Waals surface area contributed by atoms with E-state index >= 15 is 0 Å². The molecule has 0 spiro atoms. The fourth-order valence-corrected chi connectivity index (χ4v) is 2.44. The third-order valence-electron chi connectivity index (χ3n) is 3.58. The fraction of sp³-hybridized carbons (Fsp3) is 0.400. The molecule has 0 atom stereocenters. The van der Waals surface area contributed by atoms with Gasteiger partial charge in [-0.05, 0) is 25.0 Å². The van der Waals surface area contributed by atoms with Crippen molar-refractivity contribution >= 4 is 16.7 Å². The number of anilines is 1. The van der Waals surface area contributed by atoms with Gasteiger partial charge in [0.1, 0.15) is 5.82 Å². The summed E-state index contributed by atoms with van der Waals surface area (Å²) in [6.07, 6.45) is 2.17. The molecule has 2 heterocycles. The molecule has 0 unspecified atom stereocenters. The first-order valence-corrected chi connectivity index (χ1v) is 6.91. The normalized spacial score (nSPS) is 16.4. The maximum absolute atomic E-state index is 5.94. The van der Waals surface area contributed by atoms with Gasteiger partial charge in [-0.25, -0.2) is 10.8 Å². The Labute approximate surface area is 118 Å². The van der Waals surface area contributed by atoms with Crippen LogP contribution in [0.4, 0.5) is 5.82 Å². The highest BCUT2D eigenvalue weighted by Crippen LogP contribution is 2.22. The highest BCUT2D eigenvalue weighted by Gasteiger charge is 2.15. The number of para-hydroxylation sites is 1. The van der Waals surface area contributed by atoms with E-state index in [-0.39, 0.29) is 6.10 Å². The summed E-state index contributed by atoms with van der Waals surface area (Å²) in [7, 11) is 0. The Balaban J connectivity index is 1.78. The number of ether oxygens (including phenoxy) is 2.